The van der Waals surface area contributed by atoms with E-state index < -0.39 is 7.58 Å². The molecule has 0 aliphatic carbocycles. The summed E-state index contributed by atoms with van der Waals surface area (Å²) < 4.78 is 2.09. The van der Waals surface area contributed by atoms with E-state index in [-0.39, 0.29) is 0 Å². The molecule has 0 aromatic rings. The van der Waals surface area contributed by atoms with Crippen molar-refractivity contribution in [1.82, 2.24) is 4.57 Å². The molecular formula is C4H11Cl2NSi. The molecule has 0 saturated carbocycles. The first kappa shape index (κ1) is 8.76. The molecule has 0 N–H and O–H groups in total. The van der Waals surface area contributed by atoms with Crippen molar-refractivity contribution < 1.29 is 0 Å². The molecule has 0 unspecified atom stereocenters. The molecule has 8 heavy (non-hydrogen) atoms. The van der Waals surface area contributed by atoms with Crippen LogP contribution in [0.5, 0.6) is 0 Å². The van der Waals surface area contributed by atoms with Crippen LogP contribution in [0.1, 0.15) is 13.8 Å². The molecule has 0 fully saturated rings. The lowest BCUT2D eigenvalue weighted by Crippen LogP contribution is -2.30. The fraction of sp³-hybridized carbons (Fsp3) is 1.00. The van der Waals surface area contributed by atoms with Crippen LogP contribution >= 0.6 is 22.2 Å². The van der Waals surface area contributed by atoms with Crippen LogP contribution in [-0.2, 0) is 0 Å². The molecule has 0 bridgehead atoms. The minimum absolute atomic E-state index is 0.973. The highest BCUT2D eigenvalue weighted by molar-refractivity contribution is 7.32. The largest absolute Gasteiger partial charge is 0.309 e. The van der Waals surface area contributed by atoms with Gasteiger partial charge in [0.25, 0.3) is 0 Å². The highest BCUT2D eigenvalue weighted by Gasteiger charge is 2.09. The first-order chi connectivity index (χ1) is 3.72. The lowest BCUT2D eigenvalue weighted by atomic mass is 10.7. The van der Waals surface area contributed by atoms with Gasteiger partial charge in [-0.15, -0.1) is 22.2 Å². The smallest absolute Gasteiger partial charge is 0.303 e. The molecule has 50 valence electrons. The molecule has 0 aromatic heterocycles. The number of halogens is 2. The maximum atomic E-state index is 5.67. The second kappa shape index (κ2) is 4.62. The van der Waals surface area contributed by atoms with Crippen molar-refractivity contribution in [2.45, 2.75) is 13.8 Å². The highest BCUT2D eigenvalue weighted by Crippen LogP contribution is 2.01. The van der Waals surface area contributed by atoms with E-state index in [0.717, 1.165) is 13.1 Å². The fourth-order valence-electron chi connectivity index (χ4n) is 0.500. The summed E-state index contributed by atoms with van der Waals surface area (Å²) in [7, 11) is -1.51. The molecule has 0 spiro atoms. The minimum atomic E-state index is -1.51. The zero-order valence-corrected chi connectivity index (χ0v) is 7.86. The van der Waals surface area contributed by atoms with Gasteiger partial charge in [0.2, 0.25) is 0 Å². The van der Waals surface area contributed by atoms with E-state index in [9.17, 15) is 0 Å². The molecule has 4 heteroatoms. The molecular weight excluding hydrogens is 161 g/mol. The Kier molecular flexibility index (Phi) is 5.06. The summed E-state index contributed by atoms with van der Waals surface area (Å²) in [5.41, 5.74) is 0. The zero-order valence-electron chi connectivity index (χ0n) is 5.19. The van der Waals surface area contributed by atoms with Gasteiger partial charge in [-0.2, -0.15) is 0 Å². The Bertz CT molecular complexity index is 56.0. The predicted molar refractivity (Wildman–Crippen MR) is 41.8 cm³/mol. The van der Waals surface area contributed by atoms with Crippen molar-refractivity contribution in [2.75, 3.05) is 13.1 Å². The van der Waals surface area contributed by atoms with Crippen LogP contribution in [0.2, 0.25) is 0 Å². The number of rotatable bonds is 3. The summed E-state index contributed by atoms with van der Waals surface area (Å²) in [4.78, 5) is 0. The van der Waals surface area contributed by atoms with Gasteiger partial charge in [0.05, 0.1) is 0 Å². The van der Waals surface area contributed by atoms with Crippen LogP contribution in [0.4, 0.5) is 0 Å². The van der Waals surface area contributed by atoms with E-state index in [2.05, 4.69) is 18.4 Å². The Morgan fingerprint density at radius 3 is 1.62 bits per heavy atom. The summed E-state index contributed by atoms with van der Waals surface area (Å²) in [6.07, 6.45) is 0. The Labute approximate surface area is 61.7 Å². The van der Waals surface area contributed by atoms with Crippen molar-refractivity contribution >= 4 is 29.7 Å². The Morgan fingerprint density at radius 1 is 1.25 bits per heavy atom. The predicted octanol–water partition coefficient (Wildman–Crippen LogP) is 1.52. The molecule has 0 atom stereocenters. The third-order valence-electron chi connectivity index (χ3n) is 1.09. The average Bonchev–Trinajstić information content (AvgIpc) is 1.69. The molecule has 0 aliphatic heterocycles. The first-order valence-electron chi connectivity index (χ1n) is 2.74. The summed E-state index contributed by atoms with van der Waals surface area (Å²) >= 11 is 11.3. The summed E-state index contributed by atoms with van der Waals surface area (Å²) in [5.74, 6) is 0. The van der Waals surface area contributed by atoms with Crippen LogP contribution in [0.3, 0.4) is 0 Å². The summed E-state index contributed by atoms with van der Waals surface area (Å²) in [5, 5.41) is 0. The lowest BCUT2D eigenvalue weighted by Gasteiger charge is -2.16. The SMILES string of the molecule is CCN(CC)[SiH](Cl)Cl. The highest BCUT2D eigenvalue weighted by atomic mass is 35.7. The van der Waals surface area contributed by atoms with E-state index in [1.807, 2.05) is 0 Å². The minimum Gasteiger partial charge on any atom is -0.303 e. The van der Waals surface area contributed by atoms with Crippen molar-refractivity contribution in [3.05, 3.63) is 0 Å². The van der Waals surface area contributed by atoms with E-state index in [4.69, 9.17) is 22.2 Å². The van der Waals surface area contributed by atoms with Crippen molar-refractivity contribution in [1.29, 1.82) is 0 Å². The molecule has 0 heterocycles. The standard InChI is InChI=1S/C4H11Cl2NSi/c1-3-7(4-2)8(5)6/h8H,3-4H2,1-2H3. The fourth-order valence-corrected chi connectivity index (χ4v) is 2.71. The van der Waals surface area contributed by atoms with Gasteiger partial charge >= 0.3 is 7.58 Å². The Balaban J connectivity index is 3.35. The summed E-state index contributed by atoms with van der Waals surface area (Å²) in [6.45, 7) is 6.07. The van der Waals surface area contributed by atoms with Crippen molar-refractivity contribution in [3.63, 3.8) is 0 Å². The second-order valence-corrected chi connectivity index (χ2v) is 5.94. The normalized spacial score (nSPS) is 11.2. The van der Waals surface area contributed by atoms with Crippen LogP contribution in [0, 0.1) is 0 Å². The Hall–Kier alpha value is 0.757. The van der Waals surface area contributed by atoms with E-state index >= 15 is 0 Å². The maximum absolute atomic E-state index is 5.67. The van der Waals surface area contributed by atoms with Crippen LogP contribution in [0.25, 0.3) is 0 Å². The molecule has 0 aliphatic rings. The van der Waals surface area contributed by atoms with Crippen molar-refractivity contribution in [3.8, 4) is 0 Å². The van der Waals surface area contributed by atoms with Gasteiger partial charge < -0.3 is 4.57 Å². The van der Waals surface area contributed by atoms with Gasteiger partial charge in [-0.1, -0.05) is 13.8 Å². The van der Waals surface area contributed by atoms with E-state index in [1.54, 1.807) is 0 Å². The van der Waals surface area contributed by atoms with E-state index in [1.165, 1.54) is 0 Å². The number of nitrogens with zero attached hydrogens (tertiary/aromatic N) is 1. The first-order valence-corrected chi connectivity index (χ1v) is 6.75. The molecule has 0 amide bonds. The van der Waals surface area contributed by atoms with Gasteiger partial charge in [-0.3, -0.25) is 0 Å². The quantitative estimate of drug-likeness (QED) is 0.461. The third kappa shape index (κ3) is 2.92. The topological polar surface area (TPSA) is 3.24 Å². The van der Waals surface area contributed by atoms with E-state index in [0.29, 0.717) is 0 Å². The maximum Gasteiger partial charge on any atom is 0.309 e. The second-order valence-electron chi connectivity index (χ2n) is 1.50. The van der Waals surface area contributed by atoms with Gasteiger partial charge in [0.1, 0.15) is 0 Å². The van der Waals surface area contributed by atoms with Gasteiger partial charge in [0.15, 0.2) is 0 Å². The van der Waals surface area contributed by atoms with Crippen molar-refractivity contribution in [2.24, 2.45) is 0 Å². The molecule has 0 radical (unpaired) electrons. The number of hydrogen-bond donors (Lipinski definition) is 0. The molecule has 0 aromatic carbocycles. The van der Waals surface area contributed by atoms with Gasteiger partial charge in [0, 0.05) is 0 Å². The lowest BCUT2D eigenvalue weighted by molar-refractivity contribution is 0.497. The average molecular weight is 172 g/mol. The molecule has 0 rings (SSSR count). The number of hydrogen-bond acceptors (Lipinski definition) is 1. The summed E-state index contributed by atoms with van der Waals surface area (Å²) in [6, 6.07) is 0. The van der Waals surface area contributed by atoms with Gasteiger partial charge in [-0.25, -0.2) is 0 Å². The van der Waals surface area contributed by atoms with Crippen LogP contribution in [0.15, 0.2) is 0 Å². The zero-order chi connectivity index (χ0) is 6.57. The third-order valence-corrected chi connectivity index (χ3v) is 4.03. The molecule has 0 saturated heterocycles. The van der Waals surface area contributed by atoms with Gasteiger partial charge in [-0.05, 0) is 13.1 Å². The Morgan fingerprint density at radius 2 is 1.62 bits per heavy atom. The van der Waals surface area contributed by atoms with Crippen LogP contribution in [-0.4, -0.2) is 25.2 Å². The monoisotopic (exact) mass is 171 g/mol. The molecule has 1 nitrogen and oxygen atoms in total. The van der Waals surface area contributed by atoms with Crippen LogP contribution < -0.4 is 0 Å².